The fourth-order valence-corrected chi connectivity index (χ4v) is 5.40. The molecule has 10 nitrogen and oxygen atoms in total. The van der Waals surface area contributed by atoms with E-state index in [4.69, 9.17) is 10.5 Å². The molecule has 12 heteroatoms. The molecule has 5 rings (SSSR count). The first-order valence-electron chi connectivity index (χ1n) is 14.3. The molecule has 2 aliphatic heterocycles. The molecule has 41 heavy (non-hydrogen) atoms. The molecule has 4 heterocycles. The van der Waals surface area contributed by atoms with E-state index in [1.165, 1.54) is 20.0 Å². The smallest absolute Gasteiger partial charge is 0.467 e. The maximum absolute atomic E-state index is 12.6. The van der Waals surface area contributed by atoms with Crippen molar-refractivity contribution in [3.8, 4) is 6.01 Å². The zero-order chi connectivity index (χ0) is 29.1. The van der Waals surface area contributed by atoms with Crippen molar-refractivity contribution in [3.05, 3.63) is 36.7 Å². The third-order valence-corrected chi connectivity index (χ3v) is 7.70. The predicted octanol–water partition coefficient (Wildman–Crippen LogP) is 1.61. The number of fused-ring (bicyclic) bond motifs is 1. The first kappa shape index (κ1) is 35.6. The number of Topliss-reactive ketones (excluding diaryl/α,β-unsaturated/α-hetero) is 1. The van der Waals surface area contributed by atoms with E-state index in [2.05, 4.69) is 37.1 Å². The summed E-state index contributed by atoms with van der Waals surface area (Å²) in [6.07, 6.45) is 8.81. The minimum absolute atomic E-state index is 0. The number of alkyl halides is 1. The summed E-state index contributed by atoms with van der Waals surface area (Å²) in [7, 11) is 3.40. The molecule has 0 radical (unpaired) electrons. The van der Waals surface area contributed by atoms with Crippen LogP contribution in [0.25, 0.3) is 0 Å². The van der Waals surface area contributed by atoms with Gasteiger partial charge in [0.25, 0.3) is 0 Å². The summed E-state index contributed by atoms with van der Waals surface area (Å²) in [5.74, 6) is 2.63. The van der Waals surface area contributed by atoms with Crippen LogP contribution in [0.5, 0.6) is 6.01 Å². The average Bonchev–Trinajstić information content (AvgIpc) is 3.56. The van der Waals surface area contributed by atoms with E-state index in [0.29, 0.717) is 49.7 Å². The van der Waals surface area contributed by atoms with E-state index in [0.717, 1.165) is 43.7 Å². The van der Waals surface area contributed by atoms with E-state index in [-0.39, 0.29) is 69.2 Å². The number of aromatic nitrogens is 4. The van der Waals surface area contributed by atoms with Crippen LogP contribution < -0.4 is 72.1 Å². The van der Waals surface area contributed by atoms with Crippen molar-refractivity contribution in [2.45, 2.75) is 83.5 Å². The van der Waals surface area contributed by atoms with Crippen molar-refractivity contribution in [1.82, 2.24) is 24.8 Å². The summed E-state index contributed by atoms with van der Waals surface area (Å²) in [4.78, 5) is 33.4. The van der Waals surface area contributed by atoms with Crippen LogP contribution in [-0.4, -0.2) is 76.6 Å². The molecule has 2 saturated heterocycles. The third-order valence-electron chi connectivity index (χ3n) is 7.70. The molecule has 0 aromatic carbocycles. The van der Waals surface area contributed by atoms with Crippen LogP contribution in [0.1, 0.15) is 76.8 Å². The van der Waals surface area contributed by atoms with Crippen LogP contribution >= 0.6 is 0 Å². The summed E-state index contributed by atoms with van der Waals surface area (Å²) in [6, 6.07) is 4.51. The molecule has 3 unspecified atom stereocenters. The minimum Gasteiger partial charge on any atom is -0.467 e. The van der Waals surface area contributed by atoms with Crippen molar-refractivity contribution in [2.24, 2.45) is 0 Å². The van der Waals surface area contributed by atoms with Crippen LogP contribution in [0.15, 0.2) is 18.3 Å². The molecule has 0 bridgehead atoms. The number of methoxy groups -OCH3 is 1. The molecular weight excluding hydrogens is 550 g/mol. The van der Waals surface area contributed by atoms with Gasteiger partial charge in [-0.3, -0.25) is 4.90 Å². The number of nitrogens with one attached hydrogen (secondary N) is 1. The summed E-state index contributed by atoms with van der Waals surface area (Å²) >= 11 is 0. The molecule has 3 N–H and O–H groups in total. The Hall–Kier alpha value is -1.57. The number of nitrogens with two attached hydrogens (primary N) is 1. The van der Waals surface area contributed by atoms with Gasteiger partial charge in [-0.2, -0.15) is 28.3 Å². The molecule has 2 aromatic heterocycles. The maximum Gasteiger partial charge on any atom is 1.00 e. The second kappa shape index (κ2) is 18.2. The number of anilines is 3. The Bertz CT molecular complexity index is 1070. The zero-order valence-corrected chi connectivity index (χ0v) is 28.5. The summed E-state index contributed by atoms with van der Waals surface area (Å²) in [6.45, 7) is 9.44. The molecule has 2 aromatic rings. The largest absolute Gasteiger partial charge is 1.00 e. The average molecular weight is 596 g/mol. The van der Waals surface area contributed by atoms with Gasteiger partial charge in [-0.1, -0.05) is 18.9 Å². The molecule has 0 spiro atoms. The third kappa shape index (κ3) is 10.3. The number of pyridine rings is 1. The van der Waals surface area contributed by atoms with Gasteiger partial charge < -0.3 is 38.3 Å². The van der Waals surface area contributed by atoms with Gasteiger partial charge in [-0.25, -0.2) is 9.37 Å². The van der Waals surface area contributed by atoms with Gasteiger partial charge in [0.15, 0.2) is 0 Å². The molecule has 3 atom stereocenters. The SMILES string of the molecule is COc1nc(NCC[C-]2CCCCC2=O)nc(N(C)C(C)c2cccnc2N)n1.FC1CC2CCCN2C1.[CH2-]C.[K+]. The van der Waals surface area contributed by atoms with Crippen LogP contribution in [0, 0.1) is 12.8 Å². The summed E-state index contributed by atoms with van der Waals surface area (Å²) in [5, 5.41) is 3.19. The van der Waals surface area contributed by atoms with Crippen molar-refractivity contribution < 1.29 is 65.3 Å². The Balaban J connectivity index is 0.000000409. The Morgan fingerprint density at radius 3 is 2.76 bits per heavy atom. The van der Waals surface area contributed by atoms with E-state index in [1.54, 1.807) is 13.1 Å². The van der Waals surface area contributed by atoms with E-state index >= 15 is 0 Å². The van der Waals surface area contributed by atoms with Crippen molar-refractivity contribution >= 4 is 23.5 Å². The van der Waals surface area contributed by atoms with E-state index < -0.39 is 6.17 Å². The first-order valence-corrected chi connectivity index (χ1v) is 14.3. The van der Waals surface area contributed by atoms with Gasteiger partial charge >= 0.3 is 57.4 Å². The van der Waals surface area contributed by atoms with Crippen molar-refractivity contribution in [1.29, 1.82) is 0 Å². The second-order valence-corrected chi connectivity index (χ2v) is 10.2. The maximum atomic E-state index is 12.6. The van der Waals surface area contributed by atoms with Crippen LogP contribution in [0.2, 0.25) is 0 Å². The topological polar surface area (TPSA) is 122 Å². The molecule has 0 amide bonds. The monoisotopic (exact) mass is 595 g/mol. The number of nitrogens with zero attached hydrogens (tertiary/aromatic N) is 6. The number of carbonyl (C=O) groups excluding carboxylic acids is 1. The van der Waals surface area contributed by atoms with Gasteiger partial charge in [0.1, 0.15) is 12.0 Å². The zero-order valence-electron chi connectivity index (χ0n) is 25.4. The number of rotatable bonds is 8. The van der Waals surface area contributed by atoms with Gasteiger partial charge in [-0.15, -0.1) is 6.42 Å². The molecule has 1 aliphatic carbocycles. The molecular formula is C29H45FKN8O2-. The van der Waals surface area contributed by atoms with Crippen molar-refractivity contribution in [3.63, 3.8) is 0 Å². The van der Waals surface area contributed by atoms with Crippen LogP contribution in [-0.2, 0) is 4.79 Å². The van der Waals surface area contributed by atoms with Gasteiger partial charge in [0.2, 0.25) is 11.9 Å². The van der Waals surface area contributed by atoms with E-state index in [1.807, 2.05) is 31.0 Å². The molecule has 3 aliphatic rings. The normalized spacial score (nSPS) is 20.4. The number of ether oxygens (including phenoxy) is 1. The van der Waals surface area contributed by atoms with Crippen LogP contribution in [0.4, 0.5) is 22.1 Å². The fourth-order valence-electron chi connectivity index (χ4n) is 5.40. The van der Waals surface area contributed by atoms with Crippen molar-refractivity contribution in [2.75, 3.05) is 49.7 Å². The first-order chi connectivity index (χ1) is 19.4. The number of ketones is 1. The standard InChI is InChI=1S/C20H28N7O2.C7H12FN.C2H5.K/c1-13(15-8-6-11-22-17(15)21)27(2)19-24-18(25-20(26-19)29-3)23-12-10-14-7-4-5-9-16(14)28;8-6-4-7-2-1-3-9(7)5-6;1-2;/h6,8,11,13H,4-5,7,9-10,12H2,1-3H3,(H2,21,22)(H,23,24,25,26);6-7H,1-5H2;1H2,2H3;/q-1;;-1;+1. The number of halogens is 1. The van der Waals surface area contributed by atoms with Crippen LogP contribution in [0.3, 0.4) is 0 Å². The second-order valence-electron chi connectivity index (χ2n) is 10.2. The number of nitrogen functional groups attached to an aromatic ring is 1. The number of carbonyl (C=O) groups is 1. The number of hydrogen-bond acceptors (Lipinski definition) is 10. The van der Waals surface area contributed by atoms with Gasteiger partial charge in [0.05, 0.1) is 13.2 Å². The summed E-state index contributed by atoms with van der Waals surface area (Å²) < 4.78 is 17.8. The Labute approximate surface area is 287 Å². The Kier molecular flexibility index (Phi) is 15.8. The fraction of sp³-hybridized carbons (Fsp3) is 0.621. The quantitative estimate of drug-likeness (QED) is 0.344. The minimum atomic E-state index is -0.518. The van der Waals surface area contributed by atoms with Gasteiger partial charge in [-0.05, 0) is 51.8 Å². The Morgan fingerprint density at radius 1 is 1.29 bits per heavy atom. The molecule has 1 saturated carbocycles. The Morgan fingerprint density at radius 2 is 2.07 bits per heavy atom. The number of hydrogen-bond donors (Lipinski definition) is 2. The van der Waals surface area contributed by atoms with E-state index in [9.17, 15) is 9.18 Å². The predicted molar refractivity (Wildman–Crippen MR) is 157 cm³/mol. The van der Waals surface area contributed by atoms with Gasteiger partial charge in [0, 0.05) is 37.2 Å². The summed E-state index contributed by atoms with van der Waals surface area (Å²) in [5.41, 5.74) is 6.90. The molecule has 3 fully saturated rings. The molecule has 222 valence electrons.